The summed E-state index contributed by atoms with van der Waals surface area (Å²) in [5.41, 5.74) is -0.192. The molecular formula is C11H8ClF3N2. The molecule has 0 bridgehead atoms. The lowest BCUT2D eigenvalue weighted by atomic mass is 10.1. The van der Waals surface area contributed by atoms with Crippen molar-refractivity contribution in [1.82, 2.24) is 9.78 Å². The number of hydrogen-bond acceptors (Lipinski definition) is 1. The molecule has 0 saturated carbocycles. The molecule has 2 rings (SSSR count). The summed E-state index contributed by atoms with van der Waals surface area (Å²) in [6.45, 7) is 0. The van der Waals surface area contributed by atoms with E-state index in [0.717, 1.165) is 4.68 Å². The molecular weight excluding hydrogens is 253 g/mol. The highest BCUT2D eigenvalue weighted by molar-refractivity contribution is 6.33. The summed E-state index contributed by atoms with van der Waals surface area (Å²) >= 11 is 5.75. The molecule has 0 aliphatic carbocycles. The van der Waals surface area contributed by atoms with Gasteiger partial charge in [-0.05, 0) is 0 Å². The van der Waals surface area contributed by atoms with Crippen LogP contribution in [0.4, 0.5) is 13.2 Å². The lowest BCUT2D eigenvalue weighted by Gasteiger charge is -2.02. The fraction of sp³-hybridized carbons (Fsp3) is 0.182. The number of rotatable bonds is 1. The van der Waals surface area contributed by atoms with Crippen LogP contribution in [0.3, 0.4) is 0 Å². The van der Waals surface area contributed by atoms with Crippen molar-refractivity contribution < 1.29 is 13.2 Å². The maximum absolute atomic E-state index is 12.6. The maximum Gasteiger partial charge on any atom is 0.436 e. The molecule has 0 spiro atoms. The summed E-state index contributed by atoms with van der Waals surface area (Å²) in [5, 5.41) is 3.05. The summed E-state index contributed by atoms with van der Waals surface area (Å²) in [4.78, 5) is 0. The minimum atomic E-state index is -4.54. The van der Waals surface area contributed by atoms with E-state index in [1.807, 2.05) is 0 Å². The van der Waals surface area contributed by atoms with Crippen molar-refractivity contribution in [2.24, 2.45) is 7.05 Å². The average Bonchev–Trinajstić information content (AvgIpc) is 2.55. The molecule has 0 N–H and O–H groups in total. The van der Waals surface area contributed by atoms with E-state index in [1.165, 1.54) is 7.05 Å². The topological polar surface area (TPSA) is 17.8 Å². The summed E-state index contributed by atoms with van der Waals surface area (Å²) in [5.74, 6) is 0. The number of alkyl halides is 3. The Labute approximate surface area is 101 Å². The molecule has 1 aromatic carbocycles. The third-order valence-electron chi connectivity index (χ3n) is 2.31. The van der Waals surface area contributed by atoms with Gasteiger partial charge in [-0.2, -0.15) is 18.3 Å². The number of aromatic nitrogens is 2. The van der Waals surface area contributed by atoms with Crippen LogP contribution in [-0.2, 0) is 13.2 Å². The second-order valence-electron chi connectivity index (χ2n) is 3.50. The van der Waals surface area contributed by atoms with Crippen LogP contribution in [0.2, 0.25) is 5.02 Å². The van der Waals surface area contributed by atoms with Gasteiger partial charge in [-0.15, -0.1) is 0 Å². The fourth-order valence-corrected chi connectivity index (χ4v) is 1.97. The highest BCUT2D eigenvalue weighted by atomic mass is 35.5. The number of nitrogens with zero attached hydrogens (tertiary/aromatic N) is 2. The molecule has 2 aromatic rings. The molecule has 0 radical (unpaired) electrons. The van der Waals surface area contributed by atoms with Crippen molar-refractivity contribution in [3.63, 3.8) is 0 Å². The number of halogens is 4. The van der Waals surface area contributed by atoms with Gasteiger partial charge in [-0.3, -0.25) is 4.68 Å². The van der Waals surface area contributed by atoms with Crippen LogP contribution in [0.1, 0.15) is 5.69 Å². The molecule has 2 nitrogen and oxygen atoms in total. The van der Waals surface area contributed by atoms with E-state index < -0.39 is 11.9 Å². The predicted molar refractivity (Wildman–Crippen MR) is 58.7 cm³/mol. The van der Waals surface area contributed by atoms with Crippen LogP contribution in [0.5, 0.6) is 0 Å². The van der Waals surface area contributed by atoms with Crippen molar-refractivity contribution in [1.29, 1.82) is 0 Å². The molecule has 90 valence electrons. The first-order chi connectivity index (χ1) is 7.91. The van der Waals surface area contributed by atoms with Crippen LogP contribution < -0.4 is 0 Å². The first-order valence-electron chi connectivity index (χ1n) is 4.76. The third kappa shape index (κ3) is 2.15. The van der Waals surface area contributed by atoms with Gasteiger partial charge in [0.2, 0.25) is 0 Å². The maximum atomic E-state index is 12.6. The van der Waals surface area contributed by atoms with Gasteiger partial charge >= 0.3 is 6.18 Å². The van der Waals surface area contributed by atoms with E-state index in [1.54, 1.807) is 30.3 Å². The second-order valence-corrected chi connectivity index (χ2v) is 3.88. The van der Waals surface area contributed by atoms with Crippen molar-refractivity contribution in [2.75, 3.05) is 0 Å². The zero-order valence-electron chi connectivity index (χ0n) is 8.79. The number of aryl methyl sites for hydroxylation is 1. The molecule has 1 aromatic heterocycles. The minimum absolute atomic E-state index is 0.264. The van der Waals surface area contributed by atoms with Crippen LogP contribution in [0.25, 0.3) is 11.3 Å². The number of benzene rings is 1. The first-order valence-corrected chi connectivity index (χ1v) is 5.14. The van der Waals surface area contributed by atoms with E-state index >= 15 is 0 Å². The van der Waals surface area contributed by atoms with Gasteiger partial charge in [0, 0.05) is 12.6 Å². The minimum Gasteiger partial charge on any atom is -0.266 e. The molecule has 0 aliphatic heterocycles. The van der Waals surface area contributed by atoms with E-state index in [0.29, 0.717) is 5.56 Å². The van der Waals surface area contributed by atoms with Crippen LogP contribution in [-0.4, -0.2) is 9.78 Å². The summed E-state index contributed by atoms with van der Waals surface area (Å²) in [7, 11) is 1.43. The van der Waals surface area contributed by atoms with Gasteiger partial charge in [0.05, 0.1) is 10.7 Å². The lowest BCUT2D eigenvalue weighted by molar-refractivity contribution is -0.141. The monoisotopic (exact) mass is 260 g/mol. The van der Waals surface area contributed by atoms with Gasteiger partial charge in [-0.25, -0.2) is 0 Å². The Morgan fingerprint density at radius 2 is 1.76 bits per heavy atom. The zero-order valence-corrected chi connectivity index (χ0v) is 9.55. The molecule has 0 saturated heterocycles. The molecule has 0 unspecified atom stereocenters. The Balaban J connectivity index is 2.61. The SMILES string of the molecule is Cn1nc(C(F)(F)F)c(Cl)c1-c1ccccc1. The van der Waals surface area contributed by atoms with Gasteiger partial charge in [-0.1, -0.05) is 41.9 Å². The molecule has 0 atom stereocenters. The Morgan fingerprint density at radius 1 is 1.18 bits per heavy atom. The van der Waals surface area contributed by atoms with Crippen molar-refractivity contribution in [3.05, 3.63) is 41.0 Å². The summed E-state index contributed by atoms with van der Waals surface area (Å²) in [6, 6.07) is 8.60. The van der Waals surface area contributed by atoms with Crippen molar-refractivity contribution in [3.8, 4) is 11.3 Å². The summed E-state index contributed by atoms with van der Waals surface area (Å²) < 4.78 is 38.9. The number of hydrogen-bond donors (Lipinski definition) is 0. The Bertz CT molecular complexity index is 532. The Morgan fingerprint density at radius 3 is 2.24 bits per heavy atom. The van der Waals surface area contributed by atoms with Gasteiger partial charge in [0.1, 0.15) is 0 Å². The normalized spacial score (nSPS) is 11.8. The summed E-state index contributed by atoms with van der Waals surface area (Å²) in [6.07, 6.45) is -4.54. The van der Waals surface area contributed by atoms with Gasteiger partial charge in [0.25, 0.3) is 0 Å². The van der Waals surface area contributed by atoms with Crippen LogP contribution in [0.15, 0.2) is 30.3 Å². The van der Waals surface area contributed by atoms with Gasteiger partial charge in [0.15, 0.2) is 5.69 Å². The van der Waals surface area contributed by atoms with E-state index in [2.05, 4.69) is 5.10 Å². The van der Waals surface area contributed by atoms with E-state index in [-0.39, 0.29) is 10.7 Å². The lowest BCUT2D eigenvalue weighted by Crippen LogP contribution is -2.07. The van der Waals surface area contributed by atoms with Crippen LogP contribution >= 0.6 is 11.6 Å². The largest absolute Gasteiger partial charge is 0.436 e. The smallest absolute Gasteiger partial charge is 0.266 e. The highest BCUT2D eigenvalue weighted by Gasteiger charge is 2.38. The van der Waals surface area contributed by atoms with E-state index in [4.69, 9.17) is 11.6 Å². The molecule has 1 heterocycles. The molecule has 0 aliphatic rings. The van der Waals surface area contributed by atoms with E-state index in [9.17, 15) is 13.2 Å². The first kappa shape index (κ1) is 12.0. The molecule has 6 heteroatoms. The molecule has 0 amide bonds. The standard InChI is InChI=1S/C11H8ClF3N2/c1-17-9(7-5-3-2-4-6-7)8(12)10(16-17)11(13,14)15/h2-6H,1H3. The third-order valence-corrected chi connectivity index (χ3v) is 2.66. The average molecular weight is 261 g/mol. The van der Waals surface area contributed by atoms with Crippen molar-refractivity contribution in [2.45, 2.75) is 6.18 Å². The molecule has 17 heavy (non-hydrogen) atoms. The quantitative estimate of drug-likeness (QED) is 0.763. The Kier molecular flexibility index (Phi) is 2.87. The highest BCUT2D eigenvalue weighted by Crippen LogP contribution is 2.38. The van der Waals surface area contributed by atoms with Crippen LogP contribution in [0, 0.1) is 0 Å². The Hall–Kier alpha value is -1.49. The fourth-order valence-electron chi connectivity index (χ4n) is 1.59. The van der Waals surface area contributed by atoms with Crippen molar-refractivity contribution >= 4 is 11.6 Å². The molecule has 0 fully saturated rings. The second kappa shape index (κ2) is 4.07. The van der Waals surface area contributed by atoms with Gasteiger partial charge < -0.3 is 0 Å². The zero-order chi connectivity index (χ0) is 12.6. The predicted octanol–water partition coefficient (Wildman–Crippen LogP) is 3.76.